The molecule has 2 aliphatic rings. The van der Waals surface area contributed by atoms with Crippen LogP contribution in [0.5, 0.6) is 0 Å². The third kappa shape index (κ3) is 2.69. The second-order valence-corrected chi connectivity index (χ2v) is 7.55. The van der Waals surface area contributed by atoms with Crippen LogP contribution in [0.15, 0.2) is 22.6 Å². The zero-order valence-corrected chi connectivity index (χ0v) is 13.9. The first kappa shape index (κ1) is 14.9. The van der Waals surface area contributed by atoms with Crippen molar-refractivity contribution in [1.29, 1.82) is 0 Å². The fourth-order valence-electron chi connectivity index (χ4n) is 4.18. The standard InChI is InChI=1S/C17H21N3O2S/c21-15(20-8-3-5-12-4-1-2-6-14(12)20)10-19-11-18-16-13(17(19)22)7-9-23-16/h7,9,11-12,14H,1-6,8,10H2/t12-,14-/m0/s1. The molecule has 3 heterocycles. The Hall–Kier alpha value is -1.69. The number of piperidine rings is 1. The summed E-state index contributed by atoms with van der Waals surface area (Å²) in [5.41, 5.74) is -0.109. The minimum Gasteiger partial charge on any atom is -0.338 e. The summed E-state index contributed by atoms with van der Waals surface area (Å²) >= 11 is 1.45. The summed E-state index contributed by atoms with van der Waals surface area (Å²) in [7, 11) is 0. The van der Waals surface area contributed by atoms with E-state index in [-0.39, 0.29) is 18.0 Å². The van der Waals surface area contributed by atoms with E-state index in [1.165, 1.54) is 47.9 Å². The molecule has 6 heteroatoms. The van der Waals surface area contributed by atoms with E-state index in [0.717, 1.165) is 24.2 Å². The van der Waals surface area contributed by atoms with E-state index in [4.69, 9.17) is 0 Å². The molecule has 2 fully saturated rings. The molecule has 0 spiro atoms. The van der Waals surface area contributed by atoms with Crippen LogP contribution in [0, 0.1) is 5.92 Å². The fourth-order valence-corrected chi connectivity index (χ4v) is 4.90. The third-order valence-electron chi connectivity index (χ3n) is 5.32. The first-order valence-corrected chi connectivity index (χ1v) is 9.34. The van der Waals surface area contributed by atoms with Crippen LogP contribution in [0.25, 0.3) is 10.2 Å². The highest BCUT2D eigenvalue weighted by molar-refractivity contribution is 7.16. The van der Waals surface area contributed by atoms with Crippen LogP contribution in [0.2, 0.25) is 0 Å². The molecular formula is C17H21N3O2S. The van der Waals surface area contributed by atoms with Crippen LogP contribution >= 0.6 is 11.3 Å². The van der Waals surface area contributed by atoms with Crippen molar-refractivity contribution in [2.24, 2.45) is 5.92 Å². The van der Waals surface area contributed by atoms with Gasteiger partial charge in [-0.15, -0.1) is 11.3 Å². The molecule has 0 N–H and O–H groups in total. The van der Waals surface area contributed by atoms with Gasteiger partial charge in [0.05, 0.1) is 11.7 Å². The van der Waals surface area contributed by atoms with E-state index in [1.807, 2.05) is 10.3 Å². The Morgan fingerprint density at radius 1 is 1.26 bits per heavy atom. The molecule has 4 rings (SSSR count). The largest absolute Gasteiger partial charge is 0.338 e. The molecule has 1 aliphatic heterocycles. The lowest BCUT2D eigenvalue weighted by Gasteiger charge is -2.44. The van der Waals surface area contributed by atoms with Crippen molar-refractivity contribution in [2.75, 3.05) is 6.54 Å². The molecule has 122 valence electrons. The van der Waals surface area contributed by atoms with E-state index in [2.05, 4.69) is 4.98 Å². The first-order valence-electron chi connectivity index (χ1n) is 8.46. The summed E-state index contributed by atoms with van der Waals surface area (Å²) in [5, 5.41) is 2.47. The van der Waals surface area contributed by atoms with Gasteiger partial charge in [0.25, 0.3) is 5.56 Å². The molecule has 1 amide bonds. The molecule has 0 unspecified atom stereocenters. The third-order valence-corrected chi connectivity index (χ3v) is 6.14. The number of hydrogen-bond donors (Lipinski definition) is 0. The van der Waals surface area contributed by atoms with E-state index in [9.17, 15) is 9.59 Å². The molecule has 1 aliphatic carbocycles. The Balaban J connectivity index is 1.56. The van der Waals surface area contributed by atoms with Crippen molar-refractivity contribution < 1.29 is 4.79 Å². The van der Waals surface area contributed by atoms with Crippen LogP contribution < -0.4 is 5.56 Å². The van der Waals surface area contributed by atoms with Gasteiger partial charge in [0.15, 0.2) is 0 Å². The topological polar surface area (TPSA) is 55.2 Å². The molecule has 0 radical (unpaired) electrons. The van der Waals surface area contributed by atoms with E-state index in [1.54, 1.807) is 6.07 Å². The van der Waals surface area contributed by atoms with E-state index in [0.29, 0.717) is 17.3 Å². The Morgan fingerprint density at radius 3 is 3.00 bits per heavy atom. The van der Waals surface area contributed by atoms with Crippen LogP contribution in [0.4, 0.5) is 0 Å². The number of nitrogens with zero attached hydrogens (tertiary/aromatic N) is 3. The average molecular weight is 331 g/mol. The van der Waals surface area contributed by atoms with Gasteiger partial charge in [-0.05, 0) is 43.0 Å². The van der Waals surface area contributed by atoms with Gasteiger partial charge in [0.2, 0.25) is 5.91 Å². The van der Waals surface area contributed by atoms with Gasteiger partial charge in [-0.25, -0.2) is 4.98 Å². The van der Waals surface area contributed by atoms with Crippen molar-refractivity contribution in [2.45, 2.75) is 51.1 Å². The van der Waals surface area contributed by atoms with Crippen molar-refractivity contribution in [3.63, 3.8) is 0 Å². The summed E-state index contributed by atoms with van der Waals surface area (Å²) in [6.07, 6.45) is 8.72. The number of carbonyl (C=O) groups is 1. The SMILES string of the molecule is O=C(Cn1cnc2sccc2c1=O)N1CCC[C@@H]2CCCC[C@@H]21. The number of likely N-dealkylation sites (tertiary alicyclic amines) is 1. The monoisotopic (exact) mass is 331 g/mol. The van der Waals surface area contributed by atoms with E-state index < -0.39 is 0 Å². The highest BCUT2D eigenvalue weighted by atomic mass is 32.1. The Labute approximate surface area is 138 Å². The summed E-state index contributed by atoms with van der Waals surface area (Å²) in [6, 6.07) is 2.17. The Bertz CT molecular complexity index is 779. The minimum atomic E-state index is -0.109. The summed E-state index contributed by atoms with van der Waals surface area (Å²) < 4.78 is 1.46. The lowest BCUT2D eigenvalue weighted by atomic mass is 9.78. The quantitative estimate of drug-likeness (QED) is 0.850. The first-order chi connectivity index (χ1) is 11.2. The van der Waals surface area contributed by atoms with Gasteiger partial charge < -0.3 is 4.90 Å². The van der Waals surface area contributed by atoms with Crippen LogP contribution in [0.3, 0.4) is 0 Å². The maximum absolute atomic E-state index is 12.8. The maximum Gasteiger partial charge on any atom is 0.262 e. The van der Waals surface area contributed by atoms with Crippen molar-refractivity contribution >= 4 is 27.5 Å². The molecule has 2 aromatic rings. The summed E-state index contributed by atoms with van der Waals surface area (Å²) in [4.78, 5) is 32.3. The van der Waals surface area contributed by atoms with Crippen LogP contribution in [0.1, 0.15) is 38.5 Å². The number of thiophene rings is 1. The summed E-state index contributed by atoms with van der Waals surface area (Å²) in [5.74, 6) is 0.732. The van der Waals surface area contributed by atoms with Crippen molar-refractivity contribution in [1.82, 2.24) is 14.5 Å². The zero-order valence-electron chi connectivity index (χ0n) is 13.1. The van der Waals surface area contributed by atoms with Crippen LogP contribution in [-0.2, 0) is 11.3 Å². The highest BCUT2D eigenvalue weighted by Gasteiger charge is 2.35. The Kier molecular flexibility index (Phi) is 3.93. The predicted molar refractivity (Wildman–Crippen MR) is 90.6 cm³/mol. The lowest BCUT2D eigenvalue weighted by Crippen LogP contribution is -2.51. The second kappa shape index (κ2) is 6.07. The Morgan fingerprint density at radius 2 is 2.09 bits per heavy atom. The molecule has 5 nitrogen and oxygen atoms in total. The molecule has 2 aromatic heterocycles. The maximum atomic E-state index is 12.8. The smallest absolute Gasteiger partial charge is 0.262 e. The van der Waals surface area contributed by atoms with E-state index >= 15 is 0 Å². The minimum absolute atomic E-state index is 0.0695. The number of carbonyl (C=O) groups excluding carboxylic acids is 1. The normalized spacial score (nSPS) is 24.6. The number of fused-ring (bicyclic) bond motifs is 2. The van der Waals surface area contributed by atoms with Crippen LogP contribution in [-0.4, -0.2) is 32.9 Å². The summed E-state index contributed by atoms with van der Waals surface area (Å²) in [6.45, 7) is 0.948. The molecular weight excluding hydrogens is 310 g/mol. The predicted octanol–water partition coefficient (Wildman–Crippen LogP) is 2.64. The number of aromatic nitrogens is 2. The van der Waals surface area contributed by atoms with Gasteiger partial charge in [-0.2, -0.15) is 0 Å². The van der Waals surface area contributed by atoms with Gasteiger partial charge in [0, 0.05) is 12.6 Å². The molecule has 0 bridgehead atoms. The molecule has 1 saturated carbocycles. The molecule has 23 heavy (non-hydrogen) atoms. The zero-order chi connectivity index (χ0) is 15.8. The average Bonchev–Trinajstić information content (AvgIpc) is 3.06. The van der Waals surface area contributed by atoms with Gasteiger partial charge in [0.1, 0.15) is 11.4 Å². The number of hydrogen-bond acceptors (Lipinski definition) is 4. The van der Waals surface area contributed by atoms with Gasteiger partial charge >= 0.3 is 0 Å². The van der Waals surface area contributed by atoms with Crippen molar-refractivity contribution in [3.8, 4) is 0 Å². The fraction of sp³-hybridized carbons (Fsp3) is 0.588. The molecule has 2 atom stereocenters. The van der Waals surface area contributed by atoms with Gasteiger partial charge in [-0.3, -0.25) is 14.2 Å². The second-order valence-electron chi connectivity index (χ2n) is 6.66. The number of amides is 1. The molecule has 1 saturated heterocycles. The lowest BCUT2D eigenvalue weighted by molar-refractivity contribution is -0.138. The van der Waals surface area contributed by atoms with Crippen molar-refractivity contribution in [3.05, 3.63) is 28.1 Å². The number of rotatable bonds is 2. The highest BCUT2D eigenvalue weighted by Crippen LogP contribution is 2.35. The molecule has 0 aromatic carbocycles. The van der Waals surface area contributed by atoms with Gasteiger partial charge in [-0.1, -0.05) is 12.8 Å².